The number of ether oxygens (including phenoxy) is 1. The van der Waals surface area contributed by atoms with Gasteiger partial charge in [0.2, 0.25) is 5.91 Å². The van der Waals surface area contributed by atoms with Gasteiger partial charge in [0.15, 0.2) is 0 Å². The first kappa shape index (κ1) is 21.2. The maximum Gasteiger partial charge on any atom is 0.224 e. The van der Waals surface area contributed by atoms with Crippen molar-refractivity contribution in [3.63, 3.8) is 0 Å². The maximum atomic E-state index is 13.1. The number of hydrogen-bond donors (Lipinski definition) is 1. The highest BCUT2D eigenvalue weighted by atomic mass is 35.5. The SMILES string of the molecule is Cl.Cl.O=C(CC1(N2CCOCC2)CCCC1)N1CCC2CCC(C1)N2. The first-order chi connectivity index (χ1) is 11.3. The molecule has 5 nitrogen and oxygen atoms in total. The summed E-state index contributed by atoms with van der Waals surface area (Å²) in [6.07, 6.45) is 9.33. The van der Waals surface area contributed by atoms with Crippen molar-refractivity contribution in [2.45, 2.75) is 69.0 Å². The Labute approximate surface area is 164 Å². The predicted molar refractivity (Wildman–Crippen MR) is 104 cm³/mol. The van der Waals surface area contributed by atoms with Gasteiger partial charge in [0.25, 0.3) is 0 Å². The Balaban J connectivity index is 0.00000113. The minimum Gasteiger partial charge on any atom is -0.379 e. The summed E-state index contributed by atoms with van der Waals surface area (Å²) < 4.78 is 5.53. The van der Waals surface area contributed by atoms with E-state index in [2.05, 4.69) is 15.1 Å². The van der Waals surface area contributed by atoms with E-state index < -0.39 is 0 Å². The quantitative estimate of drug-likeness (QED) is 0.798. The number of amides is 1. The standard InChI is InChI=1S/C18H31N3O2.2ClH/c22-17(20-8-5-15-3-4-16(14-20)19-15)13-18(6-1-2-7-18)21-9-11-23-12-10-21;;/h15-16,19H,1-14H2;2*1H. The third-order valence-corrected chi connectivity index (χ3v) is 6.57. The van der Waals surface area contributed by atoms with Gasteiger partial charge in [0, 0.05) is 50.2 Å². The van der Waals surface area contributed by atoms with Gasteiger partial charge in [0.05, 0.1) is 13.2 Å². The molecule has 0 spiro atoms. The van der Waals surface area contributed by atoms with Crippen LogP contribution in [0.4, 0.5) is 0 Å². The molecule has 1 amide bonds. The van der Waals surface area contributed by atoms with E-state index in [1.54, 1.807) is 0 Å². The fourth-order valence-corrected chi connectivity index (χ4v) is 5.24. The zero-order chi connectivity index (χ0) is 15.7. The number of halogens is 2. The second-order valence-electron chi connectivity index (χ2n) is 7.97. The molecular weight excluding hydrogens is 361 g/mol. The van der Waals surface area contributed by atoms with Crippen LogP contribution in [0.1, 0.15) is 51.4 Å². The molecule has 25 heavy (non-hydrogen) atoms. The zero-order valence-electron chi connectivity index (χ0n) is 15.1. The molecule has 4 rings (SSSR count). The van der Waals surface area contributed by atoms with Gasteiger partial charge in [0.1, 0.15) is 0 Å². The van der Waals surface area contributed by atoms with Crippen molar-refractivity contribution in [1.29, 1.82) is 0 Å². The molecule has 1 saturated carbocycles. The summed E-state index contributed by atoms with van der Waals surface area (Å²) in [5.41, 5.74) is 0.125. The summed E-state index contributed by atoms with van der Waals surface area (Å²) in [5, 5.41) is 3.68. The zero-order valence-corrected chi connectivity index (χ0v) is 16.7. The number of hydrogen-bond acceptors (Lipinski definition) is 4. The van der Waals surface area contributed by atoms with Crippen molar-refractivity contribution < 1.29 is 9.53 Å². The van der Waals surface area contributed by atoms with E-state index in [0.717, 1.165) is 52.2 Å². The second-order valence-corrected chi connectivity index (χ2v) is 7.97. The highest BCUT2D eigenvalue weighted by Crippen LogP contribution is 2.39. The smallest absolute Gasteiger partial charge is 0.224 e. The Bertz CT molecular complexity index is 440. The van der Waals surface area contributed by atoms with Crippen LogP contribution in [0.2, 0.25) is 0 Å². The number of carbonyl (C=O) groups is 1. The Morgan fingerprint density at radius 3 is 2.40 bits per heavy atom. The third kappa shape index (κ3) is 4.62. The lowest BCUT2D eigenvalue weighted by molar-refractivity contribution is -0.136. The fourth-order valence-electron chi connectivity index (χ4n) is 5.24. The van der Waals surface area contributed by atoms with Crippen LogP contribution in [0.3, 0.4) is 0 Å². The number of nitrogens with one attached hydrogen (secondary N) is 1. The first-order valence-electron chi connectivity index (χ1n) is 9.62. The Morgan fingerprint density at radius 2 is 1.68 bits per heavy atom. The lowest BCUT2D eigenvalue weighted by Gasteiger charge is -2.44. The van der Waals surface area contributed by atoms with Crippen molar-refractivity contribution in [1.82, 2.24) is 15.1 Å². The van der Waals surface area contributed by atoms with Gasteiger partial charge in [-0.25, -0.2) is 0 Å². The molecule has 7 heteroatoms. The molecule has 2 atom stereocenters. The average Bonchev–Trinajstić information content (AvgIpc) is 3.15. The Hall–Kier alpha value is -0.0700. The number of carbonyl (C=O) groups excluding carboxylic acids is 1. The summed E-state index contributed by atoms with van der Waals surface area (Å²) in [5.74, 6) is 0.396. The van der Waals surface area contributed by atoms with E-state index >= 15 is 0 Å². The number of likely N-dealkylation sites (tertiary alicyclic amines) is 1. The van der Waals surface area contributed by atoms with Gasteiger partial charge >= 0.3 is 0 Å². The molecular formula is C18H33Cl2N3O2. The fraction of sp³-hybridized carbons (Fsp3) is 0.944. The molecule has 2 unspecified atom stereocenters. The topological polar surface area (TPSA) is 44.8 Å². The lowest BCUT2D eigenvalue weighted by Crippen LogP contribution is -2.54. The molecule has 0 aromatic heterocycles. The molecule has 3 saturated heterocycles. The van der Waals surface area contributed by atoms with E-state index in [9.17, 15) is 4.79 Å². The highest BCUT2D eigenvalue weighted by molar-refractivity contribution is 5.85. The van der Waals surface area contributed by atoms with Crippen LogP contribution in [0.15, 0.2) is 0 Å². The molecule has 4 fully saturated rings. The van der Waals surface area contributed by atoms with Crippen LogP contribution in [0, 0.1) is 0 Å². The van der Waals surface area contributed by atoms with Crippen LogP contribution < -0.4 is 5.32 Å². The van der Waals surface area contributed by atoms with Gasteiger partial charge < -0.3 is 15.0 Å². The van der Waals surface area contributed by atoms with E-state index in [1.807, 2.05) is 0 Å². The number of fused-ring (bicyclic) bond motifs is 2. The molecule has 3 heterocycles. The molecule has 2 bridgehead atoms. The van der Waals surface area contributed by atoms with Crippen LogP contribution in [0.25, 0.3) is 0 Å². The second kappa shape index (κ2) is 9.23. The third-order valence-electron chi connectivity index (χ3n) is 6.57. The van der Waals surface area contributed by atoms with Crippen molar-refractivity contribution in [3.05, 3.63) is 0 Å². The van der Waals surface area contributed by atoms with Crippen molar-refractivity contribution in [2.24, 2.45) is 0 Å². The molecule has 3 aliphatic heterocycles. The molecule has 1 aliphatic carbocycles. The maximum absolute atomic E-state index is 13.1. The van der Waals surface area contributed by atoms with Gasteiger partial charge in [-0.05, 0) is 32.1 Å². The van der Waals surface area contributed by atoms with E-state index in [4.69, 9.17) is 4.74 Å². The van der Waals surface area contributed by atoms with Gasteiger partial charge in [-0.2, -0.15) is 0 Å². The van der Waals surface area contributed by atoms with Crippen molar-refractivity contribution >= 4 is 30.7 Å². The Morgan fingerprint density at radius 1 is 1.00 bits per heavy atom. The van der Waals surface area contributed by atoms with Gasteiger partial charge in [-0.1, -0.05) is 12.8 Å². The largest absolute Gasteiger partial charge is 0.379 e. The minimum absolute atomic E-state index is 0. The Kier molecular flexibility index (Phi) is 7.84. The predicted octanol–water partition coefficient (Wildman–Crippen LogP) is 2.22. The van der Waals surface area contributed by atoms with Crippen LogP contribution in [-0.4, -0.2) is 72.7 Å². The molecule has 0 aromatic carbocycles. The van der Waals surface area contributed by atoms with Crippen molar-refractivity contribution in [3.8, 4) is 0 Å². The van der Waals surface area contributed by atoms with Gasteiger partial charge in [-0.15, -0.1) is 24.8 Å². The normalized spacial score (nSPS) is 31.8. The number of rotatable bonds is 3. The summed E-state index contributed by atoms with van der Waals surface area (Å²) in [6.45, 7) is 5.53. The molecule has 0 aromatic rings. The van der Waals surface area contributed by atoms with E-state index in [1.165, 1.54) is 38.5 Å². The van der Waals surface area contributed by atoms with Crippen LogP contribution in [-0.2, 0) is 9.53 Å². The van der Waals surface area contributed by atoms with Crippen molar-refractivity contribution in [2.75, 3.05) is 39.4 Å². The first-order valence-corrected chi connectivity index (χ1v) is 9.62. The highest BCUT2D eigenvalue weighted by Gasteiger charge is 2.43. The average molecular weight is 394 g/mol. The summed E-state index contributed by atoms with van der Waals surface area (Å²) in [6, 6.07) is 1.19. The van der Waals surface area contributed by atoms with E-state index in [-0.39, 0.29) is 30.4 Å². The summed E-state index contributed by atoms with van der Waals surface area (Å²) >= 11 is 0. The number of nitrogens with zero attached hydrogens (tertiary/aromatic N) is 2. The number of morpholine rings is 1. The monoisotopic (exact) mass is 393 g/mol. The van der Waals surface area contributed by atoms with Gasteiger partial charge in [-0.3, -0.25) is 9.69 Å². The molecule has 146 valence electrons. The van der Waals surface area contributed by atoms with Crippen LogP contribution >= 0.6 is 24.8 Å². The molecule has 4 aliphatic rings. The van der Waals surface area contributed by atoms with Crippen LogP contribution in [0.5, 0.6) is 0 Å². The minimum atomic E-state index is 0. The summed E-state index contributed by atoms with van der Waals surface area (Å²) in [4.78, 5) is 17.8. The van der Waals surface area contributed by atoms with E-state index in [0.29, 0.717) is 18.0 Å². The summed E-state index contributed by atoms with van der Waals surface area (Å²) in [7, 11) is 0. The molecule has 0 radical (unpaired) electrons. The lowest BCUT2D eigenvalue weighted by atomic mass is 9.89. The molecule has 1 N–H and O–H groups in total.